The highest BCUT2D eigenvalue weighted by Crippen LogP contribution is 2.15. The first-order valence-corrected chi connectivity index (χ1v) is 5.92. The summed E-state index contributed by atoms with van der Waals surface area (Å²) < 4.78 is 2.08. The summed E-state index contributed by atoms with van der Waals surface area (Å²) in [6.45, 7) is 2.81. The molecule has 0 radical (unpaired) electrons. The van der Waals surface area contributed by atoms with E-state index in [0.717, 1.165) is 23.9 Å². The van der Waals surface area contributed by atoms with Gasteiger partial charge < -0.3 is 14.8 Å². The minimum atomic E-state index is 0.740. The van der Waals surface area contributed by atoms with Crippen LogP contribution in [0.15, 0.2) is 24.7 Å². The van der Waals surface area contributed by atoms with Gasteiger partial charge in [0.05, 0.1) is 30.3 Å². The van der Waals surface area contributed by atoms with Gasteiger partial charge in [-0.3, -0.25) is 4.98 Å². The summed E-state index contributed by atoms with van der Waals surface area (Å²) in [5.41, 5.74) is 3.40. The van der Waals surface area contributed by atoms with E-state index in [4.69, 9.17) is 0 Å². The molecule has 5 nitrogen and oxygen atoms in total. The highest BCUT2D eigenvalue weighted by Gasteiger charge is 2.07. The Labute approximate surface area is 107 Å². The molecule has 0 fully saturated rings. The maximum atomic E-state index is 4.38. The number of hydrogen-bond acceptors (Lipinski definition) is 4. The van der Waals surface area contributed by atoms with Gasteiger partial charge in [-0.25, -0.2) is 4.98 Å². The Morgan fingerprint density at radius 3 is 2.72 bits per heavy atom. The summed E-state index contributed by atoms with van der Waals surface area (Å²) in [4.78, 5) is 10.5. The van der Waals surface area contributed by atoms with Crippen LogP contribution in [0.25, 0.3) is 0 Å². The van der Waals surface area contributed by atoms with Crippen molar-refractivity contribution >= 4 is 11.6 Å². The van der Waals surface area contributed by atoms with Gasteiger partial charge >= 0.3 is 0 Å². The molecule has 2 aromatic rings. The molecule has 18 heavy (non-hydrogen) atoms. The lowest BCUT2D eigenvalue weighted by molar-refractivity contribution is 0.813. The lowest BCUT2D eigenvalue weighted by atomic mass is 10.2. The van der Waals surface area contributed by atoms with Gasteiger partial charge in [0.25, 0.3) is 0 Å². The molecule has 5 heteroatoms. The Balaban J connectivity index is 2.09. The smallest absolute Gasteiger partial charge is 0.204 e. The van der Waals surface area contributed by atoms with Gasteiger partial charge in [0.2, 0.25) is 5.95 Å². The molecular formula is C13H19N5. The second-order valence-electron chi connectivity index (χ2n) is 4.55. The van der Waals surface area contributed by atoms with Gasteiger partial charge in [0, 0.05) is 27.3 Å². The van der Waals surface area contributed by atoms with E-state index in [1.165, 1.54) is 5.56 Å². The van der Waals surface area contributed by atoms with Crippen molar-refractivity contribution in [3.63, 3.8) is 0 Å². The van der Waals surface area contributed by atoms with Crippen LogP contribution in [0.5, 0.6) is 0 Å². The van der Waals surface area contributed by atoms with Gasteiger partial charge in [-0.1, -0.05) is 0 Å². The minimum absolute atomic E-state index is 0.740. The zero-order valence-electron chi connectivity index (χ0n) is 11.3. The first kappa shape index (κ1) is 12.4. The van der Waals surface area contributed by atoms with Crippen molar-refractivity contribution in [3.8, 4) is 0 Å². The summed E-state index contributed by atoms with van der Waals surface area (Å²) in [6, 6.07) is 2.00. The number of aryl methyl sites for hydroxylation is 1. The predicted octanol–water partition coefficient (Wildman–Crippen LogP) is 1.80. The van der Waals surface area contributed by atoms with E-state index in [9.17, 15) is 0 Å². The van der Waals surface area contributed by atoms with E-state index in [2.05, 4.69) is 26.8 Å². The monoisotopic (exact) mass is 245 g/mol. The van der Waals surface area contributed by atoms with Crippen LogP contribution in [0, 0.1) is 6.92 Å². The zero-order chi connectivity index (χ0) is 13.1. The van der Waals surface area contributed by atoms with Crippen molar-refractivity contribution in [1.82, 2.24) is 14.5 Å². The van der Waals surface area contributed by atoms with Crippen molar-refractivity contribution in [3.05, 3.63) is 35.9 Å². The Morgan fingerprint density at radius 1 is 1.33 bits per heavy atom. The number of aromatic nitrogens is 3. The second-order valence-corrected chi connectivity index (χ2v) is 4.55. The molecule has 0 atom stereocenters. The predicted molar refractivity (Wildman–Crippen MR) is 73.8 cm³/mol. The highest BCUT2D eigenvalue weighted by atomic mass is 15.3. The van der Waals surface area contributed by atoms with Gasteiger partial charge in [0.1, 0.15) is 0 Å². The average Bonchev–Trinajstić information content (AvgIpc) is 2.70. The average molecular weight is 245 g/mol. The number of hydrogen-bond donors (Lipinski definition) is 1. The normalized spacial score (nSPS) is 10.4. The lowest BCUT2D eigenvalue weighted by Crippen LogP contribution is -2.15. The molecule has 96 valence electrons. The van der Waals surface area contributed by atoms with Crippen LogP contribution in [0.3, 0.4) is 0 Å². The minimum Gasteiger partial charge on any atom is -0.378 e. The molecule has 0 spiro atoms. The number of pyridine rings is 1. The van der Waals surface area contributed by atoms with Crippen molar-refractivity contribution in [1.29, 1.82) is 0 Å². The molecule has 0 saturated carbocycles. The molecule has 2 aromatic heterocycles. The van der Waals surface area contributed by atoms with Crippen LogP contribution in [0.2, 0.25) is 0 Å². The summed E-state index contributed by atoms with van der Waals surface area (Å²) in [6.07, 6.45) is 5.54. The van der Waals surface area contributed by atoms with Gasteiger partial charge in [0.15, 0.2) is 0 Å². The maximum Gasteiger partial charge on any atom is 0.204 e. The van der Waals surface area contributed by atoms with Crippen molar-refractivity contribution in [2.75, 3.05) is 24.3 Å². The first-order valence-electron chi connectivity index (χ1n) is 5.92. The van der Waals surface area contributed by atoms with Crippen LogP contribution in [-0.2, 0) is 13.6 Å². The number of nitrogens with one attached hydrogen (secondary N) is 1. The number of imidazole rings is 1. The molecule has 0 aliphatic heterocycles. The summed E-state index contributed by atoms with van der Waals surface area (Å²) in [7, 11) is 6.01. The lowest BCUT2D eigenvalue weighted by Gasteiger charge is -2.13. The van der Waals surface area contributed by atoms with Crippen LogP contribution < -0.4 is 10.2 Å². The fraction of sp³-hybridized carbons (Fsp3) is 0.385. The maximum absolute atomic E-state index is 4.38. The van der Waals surface area contributed by atoms with E-state index in [0.29, 0.717) is 0 Å². The first-order chi connectivity index (χ1) is 8.59. The molecule has 0 saturated heterocycles. The van der Waals surface area contributed by atoms with Crippen LogP contribution in [0.4, 0.5) is 11.6 Å². The summed E-state index contributed by atoms with van der Waals surface area (Å²) >= 11 is 0. The van der Waals surface area contributed by atoms with Crippen molar-refractivity contribution in [2.45, 2.75) is 13.5 Å². The SMILES string of the molecule is Cc1ccncc1NCc1cnc(N(C)C)n1C. The molecular weight excluding hydrogens is 226 g/mol. The standard InChI is InChI=1S/C13H19N5/c1-10-5-6-14-9-12(10)15-7-11-8-16-13(17(2)3)18(11)4/h5-6,8-9,15H,7H2,1-4H3. The number of nitrogens with zero attached hydrogens (tertiary/aromatic N) is 4. The molecule has 1 N–H and O–H groups in total. The highest BCUT2D eigenvalue weighted by molar-refractivity contribution is 5.48. The fourth-order valence-electron chi connectivity index (χ4n) is 1.85. The summed E-state index contributed by atoms with van der Waals surface area (Å²) in [5.74, 6) is 0.953. The molecule has 0 aliphatic rings. The van der Waals surface area contributed by atoms with Crippen LogP contribution >= 0.6 is 0 Å². The Morgan fingerprint density at radius 2 is 2.11 bits per heavy atom. The molecule has 0 aromatic carbocycles. The number of anilines is 2. The fourth-order valence-corrected chi connectivity index (χ4v) is 1.85. The number of rotatable bonds is 4. The molecule has 0 bridgehead atoms. The van der Waals surface area contributed by atoms with Crippen LogP contribution in [-0.4, -0.2) is 28.6 Å². The Kier molecular flexibility index (Phi) is 3.50. The Hall–Kier alpha value is -2.04. The van der Waals surface area contributed by atoms with E-state index in [1.54, 1.807) is 6.20 Å². The Bertz CT molecular complexity index is 530. The third kappa shape index (κ3) is 2.45. The van der Waals surface area contributed by atoms with Gasteiger partial charge in [-0.2, -0.15) is 0 Å². The molecule has 2 rings (SSSR count). The van der Waals surface area contributed by atoms with Crippen molar-refractivity contribution < 1.29 is 0 Å². The van der Waals surface area contributed by atoms with E-state index in [1.807, 2.05) is 44.5 Å². The molecule has 0 amide bonds. The van der Waals surface area contributed by atoms with Gasteiger partial charge in [-0.05, 0) is 18.6 Å². The summed E-state index contributed by atoms with van der Waals surface area (Å²) in [5, 5.41) is 3.38. The van der Waals surface area contributed by atoms with Gasteiger partial charge in [-0.15, -0.1) is 0 Å². The van der Waals surface area contributed by atoms with E-state index in [-0.39, 0.29) is 0 Å². The molecule has 0 aliphatic carbocycles. The second kappa shape index (κ2) is 5.08. The molecule has 2 heterocycles. The molecule has 0 unspecified atom stereocenters. The zero-order valence-corrected chi connectivity index (χ0v) is 11.3. The van der Waals surface area contributed by atoms with Crippen LogP contribution in [0.1, 0.15) is 11.3 Å². The quantitative estimate of drug-likeness (QED) is 0.892. The van der Waals surface area contributed by atoms with Crippen molar-refractivity contribution in [2.24, 2.45) is 7.05 Å². The third-order valence-corrected chi connectivity index (χ3v) is 2.96. The largest absolute Gasteiger partial charge is 0.378 e. The topological polar surface area (TPSA) is 46.0 Å². The van der Waals surface area contributed by atoms with E-state index >= 15 is 0 Å². The van der Waals surface area contributed by atoms with E-state index < -0.39 is 0 Å². The third-order valence-electron chi connectivity index (χ3n) is 2.96.